The van der Waals surface area contributed by atoms with E-state index in [4.69, 9.17) is 0 Å². The van der Waals surface area contributed by atoms with Gasteiger partial charge in [0.2, 0.25) is 5.91 Å². The molecule has 0 atom stereocenters. The lowest BCUT2D eigenvalue weighted by atomic mass is 10.1. The van der Waals surface area contributed by atoms with Crippen LogP contribution in [0.3, 0.4) is 0 Å². The summed E-state index contributed by atoms with van der Waals surface area (Å²) in [6.07, 6.45) is 0.274. The number of anilines is 1. The normalized spacial score (nSPS) is 11.2. The predicted octanol–water partition coefficient (Wildman–Crippen LogP) is 5.04. The first-order valence-corrected chi connectivity index (χ1v) is 11.8. The van der Waals surface area contributed by atoms with Gasteiger partial charge in [0, 0.05) is 35.2 Å². The summed E-state index contributed by atoms with van der Waals surface area (Å²) in [4.78, 5) is 27.3. The zero-order chi connectivity index (χ0) is 22.8. The van der Waals surface area contributed by atoms with Crippen LogP contribution in [0.25, 0.3) is 27.8 Å². The highest BCUT2D eigenvalue weighted by Crippen LogP contribution is 2.28. The van der Waals surface area contributed by atoms with Crippen LogP contribution < -0.4 is 5.32 Å². The van der Waals surface area contributed by atoms with Crippen LogP contribution >= 0.6 is 23.1 Å². The number of thioether (sulfide) groups is 1. The van der Waals surface area contributed by atoms with Gasteiger partial charge in [-0.2, -0.15) is 0 Å². The topological polar surface area (TPSA) is 115 Å². The third kappa shape index (κ3) is 4.41. The Morgan fingerprint density at radius 2 is 2.00 bits per heavy atom. The number of nitro groups is 1. The summed E-state index contributed by atoms with van der Waals surface area (Å²) in [7, 11) is 0. The Labute approximate surface area is 195 Å². The molecule has 0 radical (unpaired) electrons. The lowest BCUT2D eigenvalue weighted by molar-refractivity contribution is -0.384. The molecular weight excluding hydrogens is 460 g/mol. The van der Waals surface area contributed by atoms with E-state index in [1.165, 1.54) is 35.2 Å². The molecule has 0 aliphatic heterocycles. The molecule has 33 heavy (non-hydrogen) atoms. The molecule has 0 saturated heterocycles. The third-order valence-corrected chi connectivity index (χ3v) is 6.60. The number of carbonyl (C=O) groups is 1. The number of para-hydroxylation sites is 1. The van der Waals surface area contributed by atoms with Crippen LogP contribution in [-0.4, -0.2) is 36.2 Å². The Morgan fingerprint density at radius 3 is 2.88 bits per heavy atom. The van der Waals surface area contributed by atoms with Crippen molar-refractivity contribution < 1.29 is 9.72 Å². The Hall–Kier alpha value is -3.83. The Balaban J connectivity index is 1.22. The summed E-state index contributed by atoms with van der Waals surface area (Å²) >= 11 is 2.74. The van der Waals surface area contributed by atoms with E-state index in [9.17, 15) is 14.9 Å². The van der Waals surface area contributed by atoms with Gasteiger partial charge in [0.1, 0.15) is 0 Å². The molecule has 2 aromatic carbocycles. The Kier molecular flexibility index (Phi) is 5.71. The first-order valence-electron chi connectivity index (χ1n) is 9.94. The number of rotatable bonds is 7. The number of pyridine rings is 1. The summed E-state index contributed by atoms with van der Waals surface area (Å²) in [5.41, 5.74) is 2.98. The molecule has 0 aliphatic rings. The van der Waals surface area contributed by atoms with Crippen molar-refractivity contribution in [2.24, 2.45) is 0 Å². The lowest BCUT2D eigenvalue weighted by Crippen LogP contribution is -2.12. The predicted molar refractivity (Wildman–Crippen MR) is 129 cm³/mol. The molecule has 5 aromatic rings. The maximum atomic E-state index is 12.4. The van der Waals surface area contributed by atoms with Gasteiger partial charge in [0.05, 0.1) is 16.1 Å². The van der Waals surface area contributed by atoms with E-state index in [2.05, 4.69) is 20.5 Å². The number of aromatic nitrogens is 4. The molecule has 1 N–H and O–H groups in total. The van der Waals surface area contributed by atoms with Gasteiger partial charge in [0.25, 0.3) is 5.69 Å². The summed E-state index contributed by atoms with van der Waals surface area (Å²) in [6, 6.07) is 18.2. The van der Waals surface area contributed by atoms with Gasteiger partial charge < -0.3 is 5.32 Å². The number of nitro benzene ring substituents is 1. The van der Waals surface area contributed by atoms with Crippen LogP contribution in [0.15, 0.2) is 71.2 Å². The number of non-ortho nitro benzene ring substituents is 1. The highest BCUT2D eigenvalue weighted by molar-refractivity contribution is 7.99. The fourth-order valence-electron chi connectivity index (χ4n) is 3.36. The summed E-state index contributed by atoms with van der Waals surface area (Å²) < 4.78 is 1.99. The van der Waals surface area contributed by atoms with Gasteiger partial charge in [-0.3, -0.25) is 19.3 Å². The SMILES string of the molecule is O=C(CCSc1nnc2ccc3ccccc3n12)Nc1nc(-c2cccc([N+](=O)[O-])c2)cs1. The lowest BCUT2D eigenvalue weighted by Gasteiger charge is -2.04. The molecule has 0 saturated carbocycles. The number of hydrogen-bond acceptors (Lipinski definition) is 8. The fraction of sp³-hybridized carbons (Fsp3) is 0.0909. The molecule has 164 valence electrons. The van der Waals surface area contributed by atoms with Crippen LogP contribution in [0.1, 0.15) is 6.42 Å². The number of hydrogen-bond donors (Lipinski definition) is 1. The molecule has 11 heteroatoms. The molecule has 0 unspecified atom stereocenters. The third-order valence-electron chi connectivity index (χ3n) is 4.91. The molecule has 3 heterocycles. The van der Waals surface area contributed by atoms with Gasteiger partial charge in [0.15, 0.2) is 15.9 Å². The minimum atomic E-state index is -0.447. The number of nitrogens with zero attached hydrogens (tertiary/aromatic N) is 5. The van der Waals surface area contributed by atoms with Crippen molar-refractivity contribution in [1.82, 2.24) is 19.6 Å². The van der Waals surface area contributed by atoms with Crippen molar-refractivity contribution in [1.29, 1.82) is 0 Å². The molecule has 0 spiro atoms. The number of amides is 1. The van der Waals surface area contributed by atoms with E-state index in [1.807, 2.05) is 40.8 Å². The number of carbonyl (C=O) groups excluding carboxylic acids is 1. The van der Waals surface area contributed by atoms with Crippen LogP contribution in [0, 0.1) is 10.1 Å². The van der Waals surface area contributed by atoms with Gasteiger partial charge >= 0.3 is 0 Å². The van der Waals surface area contributed by atoms with Gasteiger partial charge in [-0.25, -0.2) is 4.98 Å². The molecule has 0 bridgehead atoms. The van der Waals surface area contributed by atoms with Crippen molar-refractivity contribution in [3.63, 3.8) is 0 Å². The second-order valence-electron chi connectivity index (χ2n) is 7.06. The van der Waals surface area contributed by atoms with E-state index in [-0.39, 0.29) is 18.0 Å². The Morgan fingerprint density at radius 1 is 1.12 bits per heavy atom. The number of fused-ring (bicyclic) bond motifs is 3. The Bertz CT molecular complexity index is 1500. The smallest absolute Gasteiger partial charge is 0.270 e. The van der Waals surface area contributed by atoms with Crippen molar-refractivity contribution >= 4 is 56.4 Å². The van der Waals surface area contributed by atoms with E-state index in [1.54, 1.807) is 17.5 Å². The zero-order valence-corrected chi connectivity index (χ0v) is 18.7. The number of thiazole rings is 1. The van der Waals surface area contributed by atoms with E-state index >= 15 is 0 Å². The largest absolute Gasteiger partial charge is 0.302 e. The highest BCUT2D eigenvalue weighted by Gasteiger charge is 2.13. The highest BCUT2D eigenvalue weighted by atomic mass is 32.2. The van der Waals surface area contributed by atoms with Crippen molar-refractivity contribution in [2.45, 2.75) is 11.6 Å². The molecule has 5 rings (SSSR count). The standard InChI is InChI=1S/C22H16N6O3S2/c29-20(24-21-23-17(13-33-21)15-5-3-6-16(12-15)28(30)31)10-11-32-22-26-25-19-9-8-14-4-1-2-7-18(14)27(19)22/h1-9,12-13H,10-11H2,(H,23,24,29). The second kappa shape index (κ2) is 8.96. The monoisotopic (exact) mass is 476 g/mol. The average Bonchev–Trinajstić information content (AvgIpc) is 3.46. The summed E-state index contributed by atoms with van der Waals surface area (Å²) in [5, 5.41) is 26.3. The molecule has 0 fully saturated rings. The summed E-state index contributed by atoms with van der Waals surface area (Å²) in [6.45, 7) is 0. The average molecular weight is 477 g/mol. The van der Waals surface area contributed by atoms with Crippen molar-refractivity contribution in [2.75, 3.05) is 11.1 Å². The quantitative estimate of drug-likeness (QED) is 0.199. The molecule has 3 aromatic heterocycles. The fourth-order valence-corrected chi connectivity index (χ4v) is 4.99. The second-order valence-corrected chi connectivity index (χ2v) is 8.98. The zero-order valence-electron chi connectivity index (χ0n) is 17.0. The van der Waals surface area contributed by atoms with Crippen LogP contribution in [-0.2, 0) is 4.79 Å². The first-order chi connectivity index (χ1) is 16.1. The number of benzene rings is 2. The van der Waals surface area contributed by atoms with Crippen LogP contribution in [0.5, 0.6) is 0 Å². The van der Waals surface area contributed by atoms with E-state index in [0.29, 0.717) is 22.1 Å². The molecule has 0 aliphatic carbocycles. The maximum Gasteiger partial charge on any atom is 0.270 e. The van der Waals surface area contributed by atoms with Gasteiger partial charge in [-0.1, -0.05) is 42.1 Å². The van der Waals surface area contributed by atoms with Crippen LogP contribution in [0.4, 0.5) is 10.8 Å². The van der Waals surface area contributed by atoms with Crippen molar-refractivity contribution in [3.8, 4) is 11.3 Å². The van der Waals surface area contributed by atoms with Crippen LogP contribution in [0.2, 0.25) is 0 Å². The van der Waals surface area contributed by atoms with E-state index < -0.39 is 4.92 Å². The van der Waals surface area contributed by atoms with Crippen molar-refractivity contribution in [3.05, 3.63) is 76.2 Å². The summed E-state index contributed by atoms with van der Waals surface area (Å²) in [5.74, 6) is 0.361. The minimum Gasteiger partial charge on any atom is -0.302 e. The van der Waals surface area contributed by atoms with E-state index in [0.717, 1.165) is 21.7 Å². The molecule has 1 amide bonds. The van der Waals surface area contributed by atoms with Gasteiger partial charge in [-0.15, -0.1) is 21.5 Å². The van der Waals surface area contributed by atoms with Gasteiger partial charge in [-0.05, 0) is 23.6 Å². The molecular formula is C22H16N6O3S2. The number of nitrogens with one attached hydrogen (secondary N) is 1. The minimum absolute atomic E-state index is 0.00288. The first kappa shape index (κ1) is 21.0. The molecule has 9 nitrogen and oxygen atoms in total. The maximum absolute atomic E-state index is 12.4.